The summed E-state index contributed by atoms with van der Waals surface area (Å²) in [6.07, 6.45) is 0.418. The molecule has 1 rings (SSSR count). The quantitative estimate of drug-likeness (QED) is 0.675. The average Bonchev–Trinajstić information content (AvgIpc) is 2.24. The summed E-state index contributed by atoms with van der Waals surface area (Å²) in [5.41, 5.74) is -0.591. The first-order valence-electron chi connectivity index (χ1n) is 5.21. The number of anilines is 1. The number of hydrogen-bond acceptors (Lipinski definition) is 3. The van der Waals surface area contributed by atoms with Crippen LogP contribution in [0.5, 0.6) is 0 Å². The summed E-state index contributed by atoms with van der Waals surface area (Å²) < 4.78 is 0. The first-order valence-corrected chi connectivity index (χ1v) is 5.59. The molecular formula is C12H14ClNO4. The molecule has 0 heterocycles. The van der Waals surface area contributed by atoms with Crippen LogP contribution in [0.3, 0.4) is 0 Å². The van der Waals surface area contributed by atoms with Gasteiger partial charge in [0.25, 0.3) is 0 Å². The normalized spacial score (nSPS) is 11.1. The third-order valence-corrected chi connectivity index (χ3v) is 2.13. The van der Waals surface area contributed by atoms with Gasteiger partial charge in [-0.05, 0) is 39.0 Å². The van der Waals surface area contributed by atoms with Crippen LogP contribution in [0.4, 0.5) is 5.69 Å². The Bertz CT molecular complexity index is 468. The highest BCUT2D eigenvalue weighted by molar-refractivity contribution is 6.31. The number of halogens is 1. The van der Waals surface area contributed by atoms with E-state index >= 15 is 0 Å². The minimum absolute atomic E-state index is 0.0983. The van der Waals surface area contributed by atoms with Crippen LogP contribution in [-0.4, -0.2) is 23.1 Å². The molecule has 98 valence electrons. The Kier molecular flexibility index (Phi) is 4.32. The van der Waals surface area contributed by atoms with E-state index in [9.17, 15) is 9.59 Å². The molecule has 0 aromatic heterocycles. The van der Waals surface area contributed by atoms with Crippen molar-refractivity contribution in [2.75, 3.05) is 5.06 Å². The van der Waals surface area contributed by atoms with Gasteiger partial charge >= 0.3 is 5.97 Å². The first kappa shape index (κ1) is 14.5. The van der Waals surface area contributed by atoms with Crippen molar-refractivity contribution in [1.29, 1.82) is 0 Å². The molecule has 5 nitrogen and oxygen atoms in total. The molecule has 18 heavy (non-hydrogen) atoms. The van der Waals surface area contributed by atoms with Gasteiger partial charge in [-0.1, -0.05) is 11.6 Å². The van der Waals surface area contributed by atoms with Gasteiger partial charge in [0.15, 0.2) is 0 Å². The van der Waals surface area contributed by atoms with Crippen LogP contribution in [0, 0.1) is 0 Å². The molecule has 6 heteroatoms. The lowest BCUT2D eigenvalue weighted by Crippen LogP contribution is -2.33. The van der Waals surface area contributed by atoms with Crippen LogP contribution in [0.15, 0.2) is 18.2 Å². The number of aromatic carboxylic acids is 1. The van der Waals surface area contributed by atoms with E-state index in [1.165, 1.54) is 18.2 Å². The van der Waals surface area contributed by atoms with Crippen LogP contribution in [-0.2, 0) is 9.63 Å². The minimum atomic E-state index is -1.18. The number of hydroxylamine groups is 1. The van der Waals surface area contributed by atoms with Gasteiger partial charge in [0, 0.05) is 5.02 Å². The molecule has 0 radical (unpaired) electrons. The lowest BCUT2D eigenvalue weighted by molar-refractivity contribution is -0.120. The van der Waals surface area contributed by atoms with Crippen molar-refractivity contribution >= 4 is 29.7 Å². The van der Waals surface area contributed by atoms with Crippen LogP contribution < -0.4 is 5.06 Å². The number of hydrogen-bond donors (Lipinski definition) is 1. The second-order valence-corrected chi connectivity index (χ2v) is 5.04. The molecule has 0 spiro atoms. The molecule has 0 saturated carbocycles. The van der Waals surface area contributed by atoms with Crippen molar-refractivity contribution in [3.05, 3.63) is 28.8 Å². The third kappa shape index (κ3) is 3.72. The number of carbonyl (C=O) groups excluding carboxylic acids is 1. The zero-order valence-corrected chi connectivity index (χ0v) is 11.1. The monoisotopic (exact) mass is 271 g/mol. The highest BCUT2D eigenvalue weighted by Crippen LogP contribution is 2.26. The minimum Gasteiger partial charge on any atom is -0.478 e. The van der Waals surface area contributed by atoms with Gasteiger partial charge in [-0.2, -0.15) is 5.06 Å². The molecule has 0 aliphatic rings. The van der Waals surface area contributed by atoms with Crippen molar-refractivity contribution < 1.29 is 19.5 Å². The Morgan fingerprint density at radius 1 is 1.44 bits per heavy atom. The largest absolute Gasteiger partial charge is 0.478 e. The fraction of sp³-hybridized carbons (Fsp3) is 0.333. The van der Waals surface area contributed by atoms with Gasteiger partial charge in [0.2, 0.25) is 6.41 Å². The summed E-state index contributed by atoms with van der Waals surface area (Å²) in [4.78, 5) is 27.5. The van der Waals surface area contributed by atoms with E-state index in [2.05, 4.69) is 0 Å². The fourth-order valence-electron chi connectivity index (χ4n) is 1.29. The molecule has 0 bridgehead atoms. The van der Waals surface area contributed by atoms with Gasteiger partial charge in [0.1, 0.15) is 0 Å². The molecule has 0 fully saturated rings. The van der Waals surface area contributed by atoms with Gasteiger partial charge < -0.3 is 5.11 Å². The second-order valence-electron chi connectivity index (χ2n) is 4.60. The smallest absolute Gasteiger partial charge is 0.337 e. The lowest BCUT2D eigenvalue weighted by Gasteiger charge is -2.27. The zero-order valence-electron chi connectivity index (χ0n) is 10.3. The maximum atomic E-state index is 11.1. The molecule has 0 unspecified atom stereocenters. The van der Waals surface area contributed by atoms with E-state index in [0.717, 1.165) is 5.06 Å². The van der Waals surface area contributed by atoms with E-state index in [1.807, 2.05) is 0 Å². The standard InChI is InChI=1S/C12H14ClNO4/c1-12(2,3)18-14(7-15)10-5-4-8(13)6-9(10)11(16)17/h4-7H,1-3H3,(H,16,17). The van der Waals surface area contributed by atoms with Crippen LogP contribution in [0.2, 0.25) is 5.02 Å². The predicted molar refractivity (Wildman–Crippen MR) is 67.8 cm³/mol. The highest BCUT2D eigenvalue weighted by atomic mass is 35.5. The van der Waals surface area contributed by atoms with Crippen molar-refractivity contribution in [2.45, 2.75) is 26.4 Å². The maximum Gasteiger partial charge on any atom is 0.337 e. The number of carbonyl (C=O) groups is 2. The zero-order chi connectivity index (χ0) is 13.9. The molecule has 0 atom stereocenters. The van der Waals surface area contributed by atoms with Crippen LogP contribution in [0.25, 0.3) is 0 Å². The van der Waals surface area contributed by atoms with E-state index in [4.69, 9.17) is 21.5 Å². The van der Waals surface area contributed by atoms with E-state index < -0.39 is 11.6 Å². The number of carboxylic acids is 1. The molecule has 0 saturated heterocycles. The van der Waals surface area contributed by atoms with Crippen LogP contribution in [0.1, 0.15) is 31.1 Å². The molecule has 1 N–H and O–H groups in total. The molecule has 1 aromatic rings. The van der Waals surface area contributed by atoms with Gasteiger partial charge in [-0.15, -0.1) is 0 Å². The predicted octanol–water partition coefficient (Wildman–Crippen LogP) is 2.73. The van der Waals surface area contributed by atoms with E-state index in [-0.39, 0.29) is 16.3 Å². The van der Waals surface area contributed by atoms with Crippen molar-refractivity contribution in [2.24, 2.45) is 0 Å². The third-order valence-electron chi connectivity index (χ3n) is 1.89. The molecule has 0 aliphatic heterocycles. The van der Waals surface area contributed by atoms with Gasteiger partial charge in [-0.3, -0.25) is 9.63 Å². The van der Waals surface area contributed by atoms with Crippen LogP contribution >= 0.6 is 11.6 Å². The van der Waals surface area contributed by atoms with Crippen molar-refractivity contribution in [3.8, 4) is 0 Å². The Labute approximate surface area is 110 Å². The number of rotatable bonds is 4. The van der Waals surface area contributed by atoms with Gasteiger partial charge in [-0.25, -0.2) is 4.79 Å². The van der Waals surface area contributed by atoms with E-state index in [1.54, 1.807) is 20.8 Å². The summed E-state index contributed by atoms with van der Waals surface area (Å²) in [5, 5.41) is 10.2. The molecule has 1 amide bonds. The average molecular weight is 272 g/mol. The number of nitrogens with zero attached hydrogens (tertiary/aromatic N) is 1. The lowest BCUT2D eigenvalue weighted by atomic mass is 10.1. The summed E-state index contributed by atoms with van der Waals surface area (Å²) in [5.74, 6) is -1.18. The van der Waals surface area contributed by atoms with Gasteiger partial charge in [0.05, 0.1) is 16.9 Å². The molecule has 0 aliphatic carbocycles. The van der Waals surface area contributed by atoms with Crippen molar-refractivity contribution in [1.82, 2.24) is 0 Å². The second kappa shape index (κ2) is 5.37. The summed E-state index contributed by atoms with van der Waals surface area (Å²) in [6.45, 7) is 5.25. The Hall–Kier alpha value is -1.59. The topological polar surface area (TPSA) is 66.8 Å². The molecule has 1 aromatic carbocycles. The Balaban J connectivity index is 3.21. The number of carboxylic acid groups (broad SMARTS) is 1. The number of benzene rings is 1. The van der Waals surface area contributed by atoms with E-state index in [0.29, 0.717) is 6.41 Å². The van der Waals surface area contributed by atoms with Crippen molar-refractivity contribution in [3.63, 3.8) is 0 Å². The number of amides is 1. The summed E-state index contributed by atoms with van der Waals surface area (Å²) in [6, 6.07) is 4.18. The Morgan fingerprint density at radius 2 is 2.06 bits per heavy atom. The summed E-state index contributed by atoms with van der Waals surface area (Å²) >= 11 is 5.73. The molecular weight excluding hydrogens is 258 g/mol. The SMILES string of the molecule is CC(C)(C)ON(C=O)c1ccc(Cl)cc1C(=O)O. The fourth-order valence-corrected chi connectivity index (χ4v) is 1.47. The maximum absolute atomic E-state index is 11.1. The first-order chi connectivity index (χ1) is 8.24. The Morgan fingerprint density at radius 3 is 2.50 bits per heavy atom. The highest BCUT2D eigenvalue weighted by Gasteiger charge is 2.22. The summed E-state index contributed by atoms with van der Waals surface area (Å²) in [7, 11) is 0.